The van der Waals surface area contributed by atoms with E-state index in [2.05, 4.69) is 15.3 Å². The van der Waals surface area contributed by atoms with Crippen LogP contribution in [0.15, 0.2) is 12.1 Å². The molecule has 18 heavy (non-hydrogen) atoms. The van der Waals surface area contributed by atoms with Crippen molar-refractivity contribution in [2.45, 2.75) is 13.5 Å². The normalized spacial score (nSPS) is 10.6. The molecule has 7 nitrogen and oxygen atoms in total. The van der Waals surface area contributed by atoms with Gasteiger partial charge in [-0.3, -0.25) is 9.36 Å². The lowest BCUT2D eigenvalue weighted by atomic mass is 10.4. The van der Waals surface area contributed by atoms with Crippen LogP contribution < -0.4 is 15.8 Å². The first-order chi connectivity index (χ1) is 8.61. The number of aromatic nitrogens is 3. The topological polar surface area (TPSA) is 95.1 Å². The van der Waals surface area contributed by atoms with Crippen molar-refractivity contribution < 1.29 is 9.53 Å². The highest BCUT2D eigenvalue weighted by Crippen LogP contribution is 2.18. The summed E-state index contributed by atoms with van der Waals surface area (Å²) in [5, 5.41) is 2.70. The van der Waals surface area contributed by atoms with Gasteiger partial charge in [-0.1, -0.05) is 0 Å². The summed E-state index contributed by atoms with van der Waals surface area (Å²) in [4.78, 5) is 19.3. The fourth-order valence-electron chi connectivity index (χ4n) is 1.68. The number of nitrogen functional groups attached to an aromatic ring is 1. The molecule has 1 amide bonds. The summed E-state index contributed by atoms with van der Waals surface area (Å²) < 4.78 is 6.81. The molecule has 0 radical (unpaired) electrons. The van der Waals surface area contributed by atoms with Crippen LogP contribution in [0.5, 0.6) is 5.88 Å². The van der Waals surface area contributed by atoms with Crippen LogP contribution in [0.4, 0.5) is 5.95 Å². The molecule has 0 saturated heterocycles. The Morgan fingerprint density at radius 3 is 2.94 bits per heavy atom. The van der Waals surface area contributed by atoms with Gasteiger partial charge in [0.05, 0.1) is 7.11 Å². The van der Waals surface area contributed by atoms with E-state index in [1.807, 2.05) is 0 Å². The number of carbonyl (C=O) groups is 1. The Hall–Kier alpha value is -2.31. The predicted octanol–water partition coefficient (Wildman–Crippen LogP) is 0.158. The van der Waals surface area contributed by atoms with Crippen LogP contribution in [0.3, 0.4) is 0 Å². The number of amides is 1. The molecule has 0 bridgehead atoms. The number of pyridine rings is 1. The molecule has 0 unspecified atom stereocenters. The molecule has 2 aromatic heterocycles. The lowest BCUT2D eigenvalue weighted by Gasteiger charge is -2.06. The van der Waals surface area contributed by atoms with Gasteiger partial charge in [-0.05, 0) is 6.07 Å². The third-order valence-electron chi connectivity index (χ3n) is 2.51. The Morgan fingerprint density at radius 2 is 2.28 bits per heavy atom. The molecule has 0 spiro atoms. The van der Waals surface area contributed by atoms with Crippen molar-refractivity contribution in [1.29, 1.82) is 0 Å². The first-order valence-electron chi connectivity index (χ1n) is 5.53. The molecule has 0 fully saturated rings. The molecule has 0 atom stereocenters. The molecule has 0 aliphatic carbocycles. The molecule has 0 saturated carbocycles. The van der Waals surface area contributed by atoms with Crippen LogP contribution in [0, 0.1) is 0 Å². The lowest BCUT2D eigenvalue weighted by Crippen LogP contribution is -2.25. The molecule has 2 rings (SSSR count). The molecule has 2 heterocycles. The van der Waals surface area contributed by atoms with E-state index in [9.17, 15) is 4.79 Å². The van der Waals surface area contributed by atoms with Crippen molar-refractivity contribution in [2.24, 2.45) is 0 Å². The third kappa shape index (κ3) is 2.34. The summed E-state index contributed by atoms with van der Waals surface area (Å²) in [6.07, 6.45) is 0. The number of hydrogen-bond acceptors (Lipinski definition) is 5. The van der Waals surface area contributed by atoms with E-state index in [0.29, 0.717) is 36.1 Å². The van der Waals surface area contributed by atoms with E-state index in [1.165, 1.54) is 6.92 Å². The van der Waals surface area contributed by atoms with E-state index in [-0.39, 0.29) is 5.91 Å². The van der Waals surface area contributed by atoms with Crippen LogP contribution in [0.2, 0.25) is 0 Å². The lowest BCUT2D eigenvalue weighted by molar-refractivity contribution is -0.118. The zero-order valence-corrected chi connectivity index (χ0v) is 10.3. The van der Waals surface area contributed by atoms with Gasteiger partial charge in [0.2, 0.25) is 17.7 Å². The van der Waals surface area contributed by atoms with Gasteiger partial charge >= 0.3 is 0 Å². The average molecular weight is 249 g/mol. The Labute approximate surface area is 104 Å². The smallest absolute Gasteiger partial charge is 0.216 e. The van der Waals surface area contributed by atoms with Gasteiger partial charge < -0.3 is 15.8 Å². The zero-order chi connectivity index (χ0) is 13.1. The monoisotopic (exact) mass is 249 g/mol. The van der Waals surface area contributed by atoms with Crippen LogP contribution in [-0.2, 0) is 11.3 Å². The molecule has 7 heteroatoms. The van der Waals surface area contributed by atoms with E-state index >= 15 is 0 Å². The van der Waals surface area contributed by atoms with Crippen LogP contribution in [-0.4, -0.2) is 34.1 Å². The zero-order valence-electron chi connectivity index (χ0n) is 10.3. The second-order valence-electron chi connectivity index (χ2n) is 3.80. The highest BCUT2D eigenvalue weighted by Gasteiger charge is 2.10. The summed E-state index contributed by atoms with van der Waals surface area (Å²) in [7, 11) is 1.55. The molecule has 96 valence electrons. The van der Waals surface area contributed by atoms with Crippen molar-refractivity contribution in [2.75, 3.05) is 19.4 Å². The van der Waals surface area contributed by atoms with E-state index in [0.717, 1.165) is 0 Å². The van der Waals surface area contributed by atoms with Gasteiger partial charge in [0.25, 0.3) is 0 Å². The highest BCUT2D eigenvalue weighted by atomic mass is 16.5. The highest BCUT2D eigenvalue weighted by molar-refractivity contribution is 5.75. The Bertz CT molecular complexity index is 578. The van der Waals surface area contributed by atoms with Crippen molar-refractivity contribution >= 4 is 23.0 Å². The van der Waals surface area contributed by atoms with Crippen molar-refractivity contribution in [1.82, 2.24) is 19.9 Å². The van der Waals surface area contributed by atoms with Gasteiger partial charge in [-0.2, -0.15) is 4.98 Å². The molecule has 0 aliphatic heterocycles. The summed E-state index contributed by atoms with van der Waals surface area (Å²) in [6.45, 7) is 2.46. The SMILES string of the molecule is COc1ccc2nc(N)n(CCNC(C)=O)c2n1. The maximum Gasteiger partial charge on any atom is 0.216 e. The minimum atomic E-state index is -0.0801. The number of rotatable bonds is 4. The number of methoxy groups -OCH3 is 1. The standard InChI is InChI=1S/C11H15N5O2/c1-7(17)13-5-6-16-10-8(14-11(16)12)3-4-9(15-10)18-2/h3-4H,5-6H2,1-2H3,(H2,12,14)(H,13,17). The largest absolute Gasteiger partial charge is 0.481 e. The first kappa shape index (κ1) is 12.2. The van der Waals surface area contributed by atoms with Gasteiger partial charge in [0.1, 0.15) is 5.52 Å². The Morgan fingerprint density at radius 1 is 1.50 bits per heavy atom. The molecular formula is C11H15N5O2. The summed E-state index contributed by atoms with van der Waals surface area (Å²) >= 11 is 0. The minimum Gasteiger partial charge on any atom is -0.481 e. The van der Waals surface area contributed by atoms with Crippen LogP contribution in [0.25, 0.3) is 11.2 Å². The number of imidazole rings is 1. The third-order valence-corrected chi connectivity index (χ3v) is 2.51. The second kappa shape index (κ2) is 4.91. The average Bonchev–Trinajstić information content (AvgIpc) is 2.64. The van der Waals surface area contributed by atoms with Gasteiger partial charge in [0.15, 0.2) is 5.65 Å². The van der Waals surface area contributed by atoms with Crippen molar-refractivity contribution in [3.05, 3.63) is 12.1 Å². The van der Waals surface area contributed by atoms with E-state index in [1.54, 1.807) is 23.8 Å². The first-order valence-corrected chi connectivity index (χ1v) is 5.53. The summed E-state index contributed by atoms with van der Waals surface area (Å²) in [5.41, 5.74) is 7.18. The minimum absolute atomic E-state index is 0.0801. The summed E-state index contributed by atoms with van der Waals surface area (Å²) in [6, 6.07) is 3.53. The van der Waals surface area contributed by atoms with Gasteiger partial charge in [-0.25, -0.2) is 4.98 Å². The maximum atomic E-state index is 10.8. The maximum absolute atomic E-state index is 10.8. The Balaban J connectivity index is 2.29. The Kier molecular flexibility index (Phi) is 3.31. The number of anilines is 1. The predicted molar refractivity (Wildman–Crippen MR) is 67.2 cm³/mol. The van der Waals surface area contributed by atoms with Gasteiger partial charge in [0, 0.05) is 26.1 Å². The van der Waals surface area contributed by atoms with E-state index in [4.69, 9.17) is 10.5 Å². The number of fused-ring (bicyclic) bond motifs is 1. The fourth-order valence-corrected chi connectivity index (χ4v) is 1.68. The summed E-state index contributed by atoms with van der Waals surface area (Å²) in [5.74, 6) is 0.794. The number of ether oxygens (including phenoxy) is 1. The van der Waals surface area contributed by atoms with Crippen LogP contribution in [0.1, 0.15) is 6.92 Å². The number of nitrogens with one attached hydrogen (secondary N) is 1. The second-order valence-corrected chi connectivity index (χ2v) is 3.80. The molecular weight excluding hydrogens is 234 g/mol. The van der Waals surface area contributed by atoms with Crippen molar-refractivity contribution in [3.8, 4) is 5.88 Å². The molecule has 0 aliphatic rings. The quantitative estimate of drug-likeness (QED) is 0.804. The number of hydrogen-bond donors (Lipinski definition) is 2. The number of nitrogens with two attached hydrogens (primary N) is 1. The van der Waals surface area contributed by atoms with Crippen molar-refractivity contribution in [3.63, 3.8) is 0 Å². The van der Waals surface area contributed by atoms with Crippen LogP contribution >= 0.6 is 0 Å². The fraction of sp³-hybridized carbons (Fsp3) is 0.364. The molecule has 2 aromatic rings. The number of carbonyl (C=O) groups excluding carboxylic acids is 1. The molecule has 0 aromatic carbocycles. The number of nitrogens with zero attached hydrogens (tertiary/aromatic N) is 3. The van der Waals surface area contributed by atoms with Gasteiger partial charge in [-0.15, -0.1) is 0 Å². The molecule has 3 N–H and O–H groups in total. The van der Waals surface area contributed by atoms with E-state index < -0.39 is 0 Å².